The number of unbranched alkanes of at least 4 members (excludes halogenated alkanes) is 7. The van der Waals surface area contributed by atoms with E-state index in [0.29, 0.717) is 6.42 Å². The van der Waals surface area contributed by atoms with Gasteiger partial charge >= 0.3 is 5.51 Å². The molecule has 0 rings (SSSR count). The second kappa shape index (κ2) is 9.37. The molecule has 0 saturated heterocycles. The van der Waals surface area contributed by atoms with Crippen molar-refractivity contribution in [3.05, 3.63) is 0 Å². The minimum absolute atomic E-state index is 0.105. The van der Waals surface area contributed by atoms with Gasteiger partial charge in [0.15, 0.2) is 0 Å². The van der Waals surface area contributed by atoms with Gasteiger partial charge in [-0.1, -0.05) is 63.6 Å². The molecule has 0 unspecified atom stereocenters. The summed E-state index contributed by atoms with van der Waals surface area (Å²) in [4.78, 5) is 0. The molecule has 0 saturated carbocycles. The number of thioether (sulfide) groups is 1. The molecule has 0 radical (unpaired) electrons. The van der Waals surface area contributed by atoms with Crippen molar-refractivity contribution in [2.45, 2.75) is 63.8 Å². The van der Waals surface area contributed by atoms with Crippen molar-refractivity contribution in [3.8, 4) is 0 Å². The van der Waals surface area contributed by atoms with Crippen LogP contribution in [0.1, 0.15) is 58.3 Å². The monoisotopic (exact) mass is 242 g/mol. The van der Waals surface area contributed by atoms with Crippen LogP contribution in [0.3, 0.4) is 0 Å². The summed E-state index contributed by atoms with van der Waals surface area (Å²) in [6, 6.07) is 0. The molecule has 0 spiro atoms. The van der Waals surface area contributed by atoms with Gasteiger partial charge in [-0.15, -0.1) is 0 Å². The van der Waals surface area contributed by atoms with Crippen LogP contribution in [-0.4, -0.2) is 11.3 Å². The first kappa shape index (κ1) is 15.1. The molecule has 0 heterocycles. The van der Waals surface area contributed by atoms with E-state index in [4.69, 9.17) is 0 Å². The number of rotatable bonds is 9. The lowest BCUT2D eigenvalue weighted by Crippen LogP contribution is -2.01. The molecule has 0 nitrogen and oxygen atoms in total. The quantitative estimate of drug-likeness (QED) is 0.489. The Bertz CT molecular complexity index is 134. The van der Waals surface area contributed by atoms with E-state index in [1.165, 1.54) is 32.1 Å². The van der Waals surface area contributed by atoms with E-state index >= 15 is 0 Å². The van der Waals surface area contributed by atoms with Crippen LogP contribution in [-0.2, 0) is 0 Å². The predicted molar refractivity (Wildman–Crippen MR) is 61.1 cm³/mol. The summed E-state index contributed by atoms with van der Waals surface area (Å²) < 4.78 is 35.2. The first-order valence-electron chi connectivity index (χ1n) is 5.77. The maximum atomic E-state index is 11.7. The molecule has 0 aromatic carbocycles. The summed E-state index contributed by atoms with van der Waals surface area (Å²) in [5, 5.41) is 0. The average molecular weight is 242 g/mol. The molecule has 4 heteroatoms. The fourth-order valence-electron chi connectivity index (χ4n) is 1.42. The highest BCUT2D eigenvalue weighted by Crippen LogP contribution is 2.30. The van der Waals surface area contributed by atoms with Crippen molar-refractivity contribution in [2.75, 3.05) is 5.75 Å². The summed E-state index contributed by atoms with van der Waals surface area (Å²) in [5.74, 6) is 0.221. The maximum absolute atomic E-state index is 11.7. The number of hydrogen-bond acceptors (Lipinski definition) is 1. The van der Waals surface area contributed by atoms with Gasteiger partial charge in [-0.2, -0.15) is 13.2 Å². The van der Waals surface area contributed by atoms with Crippen LogP contribution in [0.5, 0.6) is 0 Å². The van der Waals surface area contributed by atoms with Crippen LogP contribution in [0.4, 0.5) is 13.2 Å². The molecule has 0 aromatic heterocycles. The molecule has 0 atom stereocenters. The Labute approximate surface area is 95.0 Å². The molecule has 0 N–H and O–H groups in total. The Hall–Kier alpha value is 0.140. The minimum atomic E-state index is -4.04. The Kier molecular flexibility index (Phi) is 9.46. The van der Waals surface area contributed by atoms with Crippen LogP contribution in [0.15, 0.2) is 0 Å². The summed E-state index contributed by atoms with van der Waals surface area (Å²) >= 11 is 0.105. The first-order chi connectivity index (χ1) is 7.06. The first-order valence-corrected chi connectivity index (χ1v) is 6.75. The van der Waals surface area contributed by atoms with Gasteiger partial charge in [0.05, 0.1) is 0 Å². The molecule has 0 bridgehead atoms. The molecule has 0 aromatic rings. The fourth-order valence-corrected chi connectivity index (χ4v) is 2.00. The van der Waals surface area contributed by atoms with Gasteiger partial charge in [0, 0.05) is 5.75 Å². The molecule has 92 valence electrons. The van der Waals surface area contributed by atoms with E-state index in [-0.39, 0.29) is 17.5 Å². The van der Waals surface area contributed by atoms with Gasteiger partial charge in [0.2, 0.25) is 0 Å². The molecule has 0 aliphatic rings. The van der Waals surface area contributed by atoms with Crippen LogP contribution in [0.2, 0.25) is 0 Å². The summed E-state index contributed by atoms with van der Waals surface area (Å²) in [5.41, 5.74) is -4.04. The highest BCUT2D eigenvalue weighted by molar-refractivity contribution is 8.00. The van der Waals surface area contributed by atoms with Gasteiger partial charge in [-0.3, -0.25) is 0 Å². The SMILES string of the molecule is CCCCCCCCCCSC(F)(F)F. The number of hydrogen-bond donors (Lipinski definition) is 0. The smallest absolute Gasteiger partial charge is 0.160 e. The normalized spacial score (nSPS) is 12.0. The Morgan fingerprint density at radius 2 is 1.27 bits per heavy atom. The molecule has 0 aliphatic heterocycles. The van der Waals surface area contributed by atoms with Crippen LogP contribution in [0.25, 0.3) is 0 Å². The van der Waals surface area contributed by atoms with E-state index in [1.54, 1.807) is 0 Å². The van der Waals surface area contributed by atoms with E-state index in [0.717, 1.165) is 12.8 Å². The third-order valence-corrected chi connectivity index (χ3v) is 3.08. The van der Waals surface area contributed by atoms with Gasteiger partial charge in [-0.25, -0.2) is 0 Å². The van der Waals surface area contributed by atoms with Gasteiger partial charge < -0.3 is 0 Å². The van der Waals surface area contributed by atoms with Crippen LogP contribution >= 0.6 is 11.8 Å². The van der Waals surface area contributed by atoms with Gasteiger partial charge in [0.25, 0.3) is 0 Å². The van der Waals surface area contributed by atoms with E-state index < -0.39 is 5.51 Å². The van der Waals surface area contributed by atoms with Crippen molar-refractivity contribution < 1.29 is 13.2 Å². The summed E-state index contributed by atoms with van der Waals surface area (Å²) in [7, 11) is 0. The lowest BCUT2D eigenvalue weighted by Gasteiger charge is -2.05. The summed E-state index contributed by atoms with van der Waals surface area (Å²) in [6.07, 6.45) is 8.92. The zero-order valence-corrected chi connectivity index (χ0v) is 10.2. The number of alkyl halides is 3. The largest absolute Gasteiger partial charge is 0.441 e. The van der Waals surface area contributed by atoms with Crippen molar-refractivity contribution >= 4 is 11.8 Å². The standard InChI is InChI=1S/C11H21F3S/c1-2-3-4-5-6-7-8-9-10-15-11(12,13)14/h2-10H2,1H3. The zero-order chi connectivity index (χ0) is 11.6. The number of halogens is 3. The molecule has 0 fully saturated rings. The molecule has 0 aliphatic carbocycles. The Morgan fingerprint density at radius 1 is 0.800 bits per heavy atom. The molecular formula is C11H21F3S. The second-order valence-corrected chi connectivity index (χ2v) is 4.93. The summed E-state index contributed by atoms with van der Waals surface area (Å²) in [6.45, 7) is 2.17. The lowest BCUT2D eigenvalue weighted by molar-refractivity contribution is -0.0328. The van der Waals surface area contributed by atoms with Crippen molar-refractivity contribution in [1.82, 2.24) is 0 Å². The van der Waals surface area contributed by atoms with Gasteiger partial charge in [0.1, 0.15) is 0 Å². The Balaban J connectivity index is 2.99. The average Bonchev–Trinajstić information content (AvgIpc) is 2.14. The van der Waals surface area contributed by atoms with Gasteiger partial charge in [-0.05, 0) is 6.42 Å². The Morgan fingerprint density at radius 3 is 1.73 bits per heavy atom. The maximum Gasteiger partial charge on any atom is 0.441 e. The highest BCUT2D eigenvalue weighted by atomic mass is 32.2. The van der Waals surface area contributed by atoms with Crippen LogP contribution in [0, 0.1) is 0 Å². The third-order valence-electron chi connectivity index (χ3n) is 2.26. The van der Waals surface area contributed by atoms with Crippen LogP contribution < -0.4 is 0 Å². The third kappa shape index (κ3) is 14.1. The lowest BCUT2D eigenvalue weighted by atomic mass is 10.1. The van der Waals surface area contributed by atoms with E-state index in [9.17, 15) is 13.2 Å². The van der Waals surface area contributed by atoms with Crippen molar-refractivity contribution in [1.29, 1.82) is 0 Å². The van der Waals surface area contributed by atoms with E-state index in [1.807, 2.05) is 0 Å². The molecule has 0 amide bonds. The zero-order valence-electron chi connectivity index (χ0n) is 9.41. The van der Waals surface area contributed by atoms with Crippen molar-refractivity contribution in [2.24, 2.45) is 0 Å². The fraction of sp³-hybridized carbons (Fsp3) is 1.00. The van der Waals surface area contributed by atoms with E-state index in [2.05, 4.69) is 6.92 Å². The molecular weight excluding hydrogens is 221 g/mol. The minimum Gasteiger partial charge on any atom is -0.160 e. The van der Waals surface area contributed by atoms with Crippen molar-refractivity contribution in [3.63, 3.8) is 0 Å². The predicted octanol–water partition coefficient (Wildman–Crippen LogP) is 5.38. The highest BCUT2D eigenvalue weighted by Gasteiger charge is 2.27. The molecule has 15 heavy (non-hydrogen) atoms. The second-order valence-electron chi connectivity index (χ2n) is 3.77. The topological polar surface area (TPSA) is 0 Å².